The van der Waals surface area contributed by atoms with Crippen molar-refractivity contribution in [1.29, 1.82) is 0 Å². The van der Waals surface area contributed by atoms with E-state index in [1.165, 1.54) is 0 Å². The Morgan fingerprint density at radius 3 is 2.56 bits per heavy atom. The Bertz CT molecular complexity index is 660. The molecule has 1 aromatic carbocycles. The third-order valence-corrected chi connectivity index (χ3v) is 5.04. The van der Waals surface area contributed by atoms with Gasteiger partial charge < -0.3 is 20.1 Å². The quantitative estimate of drug-likeness (QED) is 0.172. The molecule has 0 aliphatic carbocycles. The van der Waals surface area contributed by atoms with Crippen LogP contribution in [0.15, 0.2) is 29.3 Å². The number of guanidine groups is 1. The number of halogens is 4. The molecule has 1 atom stereocenters. The molecule has 32 heavy (non-hydrogen) atoms. The second-order valence-corrected chi connectivity index (χ2v) is 7.63. The summed E-state index contributed by atoms with van der Waals surface area (Å²) in [6.45, 7) is 7.87. The van der Waals surface area contributed by atoms with Gasteiger partial charge in [-0.25, -0.2) is 0 Å². The van der Waals surface area contributed by atoms with Crippen LogP contribution < -0.4 is 10.6 Å². The van der Waals surface area contributed by atoms with Crippen molar-refractivity contribution in [1.82, 2.24) is 15.5 Å². The molecule has 0 spiro atoms. The highest BCUT2D eigenvalue weighted by molar-refractivity contribution is 14.0. The Hall–Kier alpha value is -1.11. The minimum absolute atomic E-state index is 0. The number of aliphatic imine (C=N–C) groups is 1. The molecule has 10 heteroatoms. The van der Waals surface area contributed by atoms with Gasteiger partial charge >= 0.3 is 6.18 Å². The first-order chi connectivity index (χ1) is 14.9. The van der Waals surface area contributed by atoms with Gasteiger partial charge in [0.15, 0.2) is 5.96 Å². The van der Waals surface area contributed by atoms with Crippen LogP contribution in [0.4, 0.5) is 13.2 Å². The van der Waals surface area contributed by atoms with Gasteiger partial charge in [-0.15, -0.1) is 24.0 Å². The summed E-state index contributed by atoms with van der Waals surface area (Å²) in [7, 11) is 1.66. The molecule has 0 bridgehead atoms. The number of methoxy groups -OCH3 is 1. The highest BCUT2D eigenvalue weighted by Crippen LogP contribution is 2.29. The van der Waals surface area contributed by atoms with Crippen LogP contribution in [0.3, 0.4) is 0 Å². The molecule has 184 valence electrons. The van der Waals surface area contributed by atoms with Crippen LogP contribution in [0.25, 0.3) is 0 Å². The van der Waals surface area contributed by atoms with E-state index in [2.05, 4.69) is 20.5 Å². The Balaban J connectivity index is 0.00000512. The maximum atomic E-state index is 12.7. The number of hydrogen-bond acceptors (Lipinski definition) is 4. The SMILES string of the molecule is CCNC(=NCCCCOCCOC)NC1CCN(Cc2ccc(C(F)(F)F)cc2)C1.I. The van der Waals surface area contributed by atoms with Crippen LogP contribution in [0, 0.1) is 0 Å². The predicted molar refractivity (Wildman–Crippen MR) is 132 cm³/mol. The second-order valence-electron chi connectivity index (χ2n) is 7.63. The van der Waals surface area contributed by atoms with Gasteiger partial charge in [0, 0.05) is 52.5 Å². The lowest BCUT2D eigenvalue weighted by molar-refractivity contribution is -0.137. The van der Waals surface area contributed by atoms with Crippen molar-refractivity contribution in [2.24, 2.45) is 4.99 Å². The van der Waals surface area contributed by atoms with E-state index in [0.717, 1.165) is 69.1 Å². The largest absolute Gasteiger partial charge is 0.416 e. The molecule has 1 aliphatic rings. The van der Waals surface area contributed by atoms with Gasteiger partial charge in [0.25, 0.3) is 0 Å². The van der Waals surface area contributed by atoms with E-state index in [4.69, 9.17) is 9.47 Å². The molecule has 1 fully saturated rings. The number of hydrogen-bond donors (Lipinski definition) is 2. The van der Waals surface area contributed by atoms with Crippen molar-refractivity contribution >= 4 is 29.9 Å². The molecule has 0 radical (unpaired) electrons. The van der Waals surface area contributed by atoms with Crippen LogP contribution in [-0.4, -0.2) is 70.0 Å². The minimum Gasteiger partial charge on any atom is -0.382 e. The highest BCUT2D eigenvalue weighted by Gasteiger charge is 2.30. The molecule has 1 unspecified atom stereocenters. The minimum atomic E-state index is -4.29. The molecule has 0 amide bonds. The zero-order valence-corrected chi connectivity index (χ0v) is 21.2. The summed E-state index contributed by atoms with van der Waals surface area (Å²) >= 11 is 0. The third-order valence-electron chi connectivity index (χ3n) is 5.04. The zero-order chi connectivity index (χ0) is 22.5. The van der Waals surface area contributed by atoms with Crippen LogP contribution in [0.5, 0.6) is 0 Å². The Morgan fingerprint density at radius 1 is 1.16 bits per heavy atom. The normalized spacial score (nSPS) is 17.3. The molecular formula is C22H36F3IN4O2. The molecule has 2 N–H and O–H groups in total. The van der Waals surface area contributed by atoms with E-state index < -0.39 is 11.7 Å². The number of benzene rings is 1. The van der Waals surface area contributed by atoms with Gasteiger partial charge in [0.1, 0.15) is 0 Å². The number of rotatable bonds is 12. The van der Waals surface area contributed by atoms with E-state index in [0.29, 0.717) is 26.4 Å². The number of ether oxygens (including phenoxy) is 2. The standard InChI is InChI=1S/C22H35F3N4O2.HI/c1-3-26-21(27-11-4-5-13-31-15-14-30-2)28-20-10-12-29(17-20)16-18-6-8-19(9-7-18)22(23,24)25;/h6-9,20H,3-5,10-17H2,1-2H3,(H2,26,27,28);1H. The summed E-state index contributed by atoms with van der Waals surface area (Å²) in [6.07, 6.45) is -1.41. The van der Waals surface area contributed by atoms with Crippen LogP contribution in [0.1, 0.15) is 37.3 Å². The molecule has 1 heterocycles. The summed E-state index contributed by atoms with van der Waals surface area (Å²) in [4.78, 5) is 6.89. The fraction of sp³-hybridized carbons (Fsp3) is 0.682. The van der Waals surface area contributed by atoms with E-state index in [1.807, 2.05) is 6.92 Å². The lowest BCUT2D eigenvalue weighted by Crippen LogP contribution is -2.44. The van der Waals surface area contributed by atoms with E-state index in [1.54, 1.807) is 19.2 Å². The lowest BCUT2D eigenvalue weighted by atomic mass is 10.1. The van der Waals surface area contributed by atoms with Crippen molar-refractivity contribution in [2.75, 3.05) is 53.1 Å². The van der Waals surface area contributed by atoms with Gasteiger partial charge in [-0.1, -0.05) is 12.1 Å². The van der Waals surface area contributed by atoms with Crippen molar-refractivity contribution in [3.05, 3.63) is 35.4 Å². The first-order valence-corrected chi connectivity index (χ1v) is 10.9. The van der Waals surface area contributed by atoms with Gasteiger partial charge in [-0.3, -0.25) is 9.89 Å². The Labute approximate surface area is 206 Å². The summed E-state index contributed by atoms with van der Waals surface area (Å²) in [5.41, 5.74) is 0.284. The van der Waals surface area contributed by atoms with Crippen molar-refractivity contribution in [2.45, 2.75) is 44.9 Å². The van der Waals surface area contributed by atoms with Gasteiger partial charge in [0.2, 0.25) is 0 Å². The molecule has 1 aliphatic heterocycles. The fourth-order valence-electron chi connectivity index (χ4n) is 3.42. The van der Waals surface area contributed by atoms with Crippen molar-refractivity contribution in [3.63, 3.8) is 0 Å². The van der Waals surface area contributed by atoms with Crippen LogP contribution >= 0.6 is 24.0 Å². The highest BCUT2D eigenvalue weighted by atomic mass is 127. The Morgan fingerprint density at radius 2 is 1.91 bits per heavy atom. The molecule has 1 aromatic rings. The van der Waals surface area contributed by atoms with E-state index in [-0.39, 0.29) is 30.0 Å². The second kappa shape index (κ2) is 15.7. The molecule has 0 saturated carbocycles. The average molecular weight is 572 g/mol. The van der Waals surface area contributed by atoms with Crippen molar-refractivity contribution in [3.8, 4) is 0 Å². The molecule has 2 rings (SSSR count). The summed E-state index contributed by atoms with van der Waals surface area (Å²) < 4.78 is 48.5. The number of likely N-dealkylation sites (tertiary alicyclic amines) is 1. The maximum Gasteiger partial charge on any atom is 0.416 e. The summed E-state index contributed by atoms with van der Waals surface area (Å²) in [6, 6.07) is 5.70. The number of alkyl halides is 3. The summed E-state index contributed by atoms with van der Waals surface area (Å²) in [5, 5.41) is 6.76. The van der Waals surface area contributed by atoms with Crippen molar-refractivity contribution < 1.29 is 22.6 Å². The number of nitrogens with one attached hydrogen (secondary N) is 2. The van der Waals surface area contributed by atoms with Gasteiger partial charge in [-0.2, -0.15) is 13.2 Å². The van der Waals surface area contributed by atoms with E-state index >= 15 is 0 Å². The molecule has 0 aromatic heterocycles. The lowest BCUT2D eigenvalue weighted by Gasteiger charge is -2.19. The van der Waals surface area contributed by atoms with E-state index in [9.17, 15) is 13.2 Å². The predicted octanol–water partition coefficient (Wildman–Crippen LogP) is 3.90. The maximum absolute atomic E-state index is 12.7. The first-order valence-electron chi connectivity index (χ1n) is 10.9. The zero-order valence-electron chi connectivity index (χ0n) is 18.9. The monoisotopic (exact) mass is 572 g/mol. The fourth-order valence-corrected chi connectivity index (χ4v) is 3.42. The first kappa shape index (κ1) is 28.9. The molecule has 6 nitrogen and oxygen atoms in total. The van der Waals surface area contributed by atoms with Gasteiger partial charge in [0.05, 0.1) is 18.8 Å². The summed E-state index contributed by atoms with van der Waals surface area (Å²) in [5.74, 6) is 0.809. The van der Waals surface area contributed by atoms with Gasteiger partial charge in [-0.05, 0) is 43.9 Å². The number of nitrogens with zero attached hydrogens (tertiary/aromatic N) is 2. The molecular weight excluding hydrogens is 536 g/mol. The van der Waals surface area contributed by atoms with Crippen LogP contribution in [-0.2, 0) is 22.2 Å². The van der Waals surface area contributed by atoms with Crippen LogP contribution in [0.2, 0.25) is 0 Å². The molecule has 1 saturated heterocycles. The smallest absolute Gasteiger partial charge is 0.382 e. The third kappa shape index (κ3) is 11.2. The number of unbranched alkanes of at least 4 members (excludes halogenated alkanes) is 1. The Kier molecular flexibility index (Phi) is 14.2. The topological polar surface area (TPSA) is 58.1 Å². The average Bonchev–Trinajstić information content (AvgIpc) is 3.16.